The van der Waals surface area contributed by atoms with Gasteiger partial charge in [-0.15, -0.1) is 0 Å². The van der Waals surface area contributed by atoms with Gasteiger partial charge in [0.1, 0.15) is 0 Å². The van der Waals surface area contributed by atoms with Gasteiger partial charge in [-0.3, -0.25) is 14.5 Å². The molecule has 0 aliphatic carbocycles. The van der Waals surface area contributed by atoms with Gasteiger partial charge in [0.25, 0.3) is 0 Å². The number of alkyl halides is 3. The van der Waals surface area contributed by atoms with Crippen LogP contribution in [-0.4, -0.2) is 31.1 Å². The average Bonchev–Trinajstić information content (AvgIpc) is 2.85. The number of nitrogens with zero attached hydrogens (tertiary/aromatic N) is 2. The standard InChI is InChI=1S/C15H14ClF3N2O2/c1-9(16)8-21(14(23)15(17,18)19)12-3-4-13-11(7-12)5-6-20(13)10(2)22/h3-4,7H,1,5-6,8H2,2H3. The summed E-state index contributed by atoms with van der Waals surface area (Å²) in [6.07, 6.45) is -4.50. The normalized spacial score (nSPS) is 13.7. The lowest BCUT2D eigenvalue weighted by atomic mass is 10.1. The van der Waals surface area contributed by atoms with E-state index in [1.165, 1.54) is 30.0 Å². The minimum Gasteiger partial charge on any atom is -0.312 e. The number of anilines is 2. The van der Waals surface area contributed by atoms with Crippen molar-refractivity contribution < 1.29 is 22.8 Å². The minimum atomic E-state index is -5.02. The van der Waals surface area contributed by atoms with Crippen LogP contribution in [0.4, 0.5) is 24.5 Å². The smallest absolute Gasteiger partial charge is 0.312 e. The van der Waals surface area contributed by atoms with Gasteiger partial charge in [0.2, 0.25) is 5.91 Å². The van der Waals surface area contributed by atoms with Gasteiger partial charge in [0.15, 0.2) is 0 Å². The molecule has 4 nitrogen and oxygen atoms in total. The molecule has 0 N–H and O–H groups in total. The second kappa shape index (κ2) is 6.23. The number of halogens is 4. The summed E-state index contributed by atoms with van der Waals surface area (Å²) < 4.78 is 38.3. The van der Waals surface area contributed by atoms with Gasteiger partial charge in [0, 0.05) is 29.9 Å². The zero-order valence-corrected chi connectivity index (χ0v) is 13.0. The van der Waals surface area contributed by atoms with Crippen molar-refractivity contribution in [3.05, 3.63) is 35.4 Å². The molecule has 1 aliphatic rings. The van der Waals surface area contributed by atoms with Crippen LogP contribution < -0.4 is 9.80 Å². The Labute approximate surface area is 136 Å². The van der Waals surface area contributed by atoms with Crippen molar-refractivity contribution in [2.75, 3.05) is 22.9 Å². The number of rotatable bonds is 3. The quantitative estimate of drug-likeness (QED) is 0.843. The van der Waals surface area contributed by atoms with Crippen LogP contribution in [0.5, 0.6) is 0 Å². The van der Waals surface area contributed by atoms with Crippen LogP contribution >= 0.6 is 11.6 Å². The van der Waals surface area contributed by atoms with Crippen molar-refractivity contribution in [3.8, 4) is 0 Å². The zero-order chi connectivity index (χ0) is 17.4. The second-order valence-corrected chi connectivity index (χ2v) is 5.67. The van der Waals surface area contributed by atoms with Crippen LogP contribution in [0, 0.1) is 0 Å². The zero-order valence-electron chi connectivity index (χ0n) is 12.3. The Kier molecular flexibility index (Phi) is 4.70. The van der Waals surface area contributed by atoms with Gasteiger partial charge in [-0.1, -0.05) is 18.2 Å². The van der Waals surface area contributed by atoms with Crippen molar-refractivity contribution in [1.82, 2.24) is 0 Å². The van der Waals surface area contributed by atoms with Crippen LogP contribution in [0.3, 0.4) is 0 Å². The molecule has 0 radical (unpaired) electrons. The van der Waals surface area contributed by atoms with Gasteiger partial charge in [-0.05, 0) is 30.2 Å². The Hall–Kier alpha value is -2.02. The highest BCUT2D eigenvalue weighted by Gasteiger charge is 2.43. The fourth-order valence-electron chi connectivity index (χ4n) is 2.49. The SMILES string of the molecule is C=C(Cl)CN(C(=O)C(F)(F)F)c1ccc2c(c1)CCN2C(C)=O. The summed E-state index contributed by atoms with van der Waals surface area (Å²) in [6.45, 7) is 4.77. The lowest BCUT2D eigenvalue weighted by Crippen LogP contribution is -2.42. The highest BCUT2D eigenvalue weighted by atomic mass is 35.5. The molecule has 0 aromatic heterocycles. The first kappa shape index (κ1) is 17.3. The molecule has 0 saturated carbocycles. The van der Waals surface area contributed by atoms with E-state index in [4.69, 9.17) is 11.6 Å². The van der Waals surface area contributed by atoms with E-state index in [0.29, 0.717) is 29.1 Å². The summed E-state index contributed by atoms with van der Waals surface area (Å²) in [5.41, 5.74) is 1.42. The molecule has 0 saturated heterocycles. The third kappa shape index (κ3) is 3.67. The third-order valence-electron chi connectivity index (χ3n) is 3.47. The molecular formula is C15H14ClF3N2O2. The van der Waals surface area contributed by atoms with Crippen molar-refractivity contribution in [2.24, 2.45) is 0 Å². The Balaban J connectivity index is 2.39. The van der Waals surface area contributed by atoms with Crippen LogP contribution in [0.25, 0.3) is 0 Å². The van der Waals surface area contributed by atoms with Gasteiger partial charge in [0.05, 0.1) is 6.54 Å². The highest BCUT2D eigenvalue weighted by molar-refractivity contribution is 6.30. The maximum absolute atomic E-state index is 12.8. The number of amides is 2. The van der Waals surface area contributed by atoms with E-state index in [2.05, 4.69) is 6.58 Å². The molecule has 0 fully saturated rings. The molecule has 0 bridgehead atoms. The summed E-state index contributed by atoms with van der Waals surface area (Å²) in [5.74, 6) is -2.16. The summed E-state index contributed by atoms with van der Waals surface area (Å²) in [4.78, 5) is 25.2. The first-order chi connectivity index (χ1) is 10.6. The van der Waals surface area contributed by atoms with Crippen molar-refractivity contribution >= 4 is 34.8 Å². The molecule has 124 valence electrons. The molecule has 8 heteroatoms. The lowest BCUT2D eigenvalue weighted by molar-refractivity contribution is -0.170. The van der Waals surface area contributed by atoms with Crippen LogP contribution in [-0.2, 0) is 16.0 Å². The Bertz CT molecular complexity index is 673. The first-order valence-corrected chi connectivity index (χ1v) is 7.12. The van der Waals surface area contributed by atoms with E-state index >= 15 is 0 Å². The monoisotopic (exact) mass is 346 g/mol. The van der Waals surface area contributed by atoms with Crippen LogP contribution in [0.1, 0.15) is 12.5 Å². The van der Waals surface area contributed by atoms with E-state index in [-0.39, 0.29) is 16.6 Å². The molecule has 0 atom stereocenters. The molecule has 2 amide bonds. The fourth-order valence-corrected chi connectivity index (χ4v) is 2.61. The molecule has 1 aliphatic heterocycles. The van der Waals surface area contributed by atoms with Gasteiger partial charge in [-0.2, -0.15) is 13.2 Å². The number of benzene rings is 1. The number of hydrogen-bond acceptors (Lipinski definition) is 2. The molecule has 0 unspecified atom stereocenters. The third-order valence-corrected chi connectivity index (χ3v) is 3.59. The van der Waals surface area contributed by atoms with E-state index < -0.39 is 18.6 Å². The summed E-state index contributed by atoms with van der Waals surface area (Å²) in [7, 11) is 0. The Morgan fingerprint density at radius 1 is 1.39 bits per heavy atom. The molecule has 0 spiro atoms. The largest absolute Gasteiger partial charge is 0.471 e. The number of hydrogen-bond donors (Lipinski definition) is 0. The van der Waals surface area contributed by atoms with E-state index in [1.54, 1.807) is 0 Å². The minimum absolute atomic E-state index is 0.0678. The predicted molar refractivity (Wildman–Crippen MR) is 81.6 cm³/mol. The second-order valence-electron chi connectivity index (χ2n) is 5.14. The molecule has 1 aromatic carbocycles. The molecule has 1 heterocycles. The molecular weight excluding hydrogens is 333 g/mol. The van der Waals surface area contributed by atoms with Gasteiger partial charge in [-0.25, -0.2) is 0 Å². The average molecular weight is 347 g/mol. The van der Waals surface area contributed by atoms with E-state index in [0.717, 1.165) is 0 Å². The van der Waals surface area contributed by atoms with E-state index in [1.807, 2.05) is 0 Å². The number of carbonyl (C=O) groups excluding carboxylic acids is 2. The van der Waals surface area contributed by atoms with Crippen molar-refractivity contribution in [2.45, 2.75) is 19.5 Å². The number of carbonyl (C=O) groups is 2. The van der Waals surface area contributed by atoms with Crippen LogP contribution in [0.2, 0.25) is 0 Å². The highest BCUT2D eigenvalue weighted by Crippen LogP contribution is 2.33. The maximum atomic E-state index is 12.8. The lowest BCUT2D eigenvalue weighted by Gasteiger charge is -2.24. The van der Waals surface area contributed by atoms with Crippen LogP contribution in [0.15, 0.2) is 29.8 Å². The summed E-state index contributed by atoms with van der Waals surface area (Å²) >= 11 is 5.59. The van der Waals surface area contributed by atoms with Gasteiger partial charge < -0.3 is 4.90 Å². The molecule has 1 aromatic rings. The summed E-state index contributed by atoms with van der Waals surface area (Å²) in [6, 6.07) is 4.37. The Morgan fingerprint density at radius 2 is 2.04 bits per heavy atom. The first-order valence-electron chi connectivity index (χ1n) is 6.74. The van der Waals surface area contributed by atoms with Gasteiger partial charge >= 0.3 is 12.1 Å². The summed E-state index contributed by atoms with van der Waals surface area (Å²) in [5, 5.41) is -0.0894. The number of fused-ring (bicyclic) bond motifs is 1. The van der Waals surface area contributed by atoms with E-state index in [9.17, 15) is 22.8 Å². The topological polar surface area (TPSA) is 40.6 Å². The maximum Gasteiger partial charge on any atom is 0.471 e. The predicted octanol–water partition coefficient (Wildman–Crippen LogP) is 3.24. The van der Waals surface area contributed by atoms with Crippen molar-refractivity contribution in [3.63, 3.8) is 0 Å². The van der Waals surface area contributed by atoms with Crippen molar-refractivity contribution in [1.29, 1.82) is 0 Å². The Morgan fingerprint density at radius 3 is 2.57 bits per heavy atom. The molecule has 23 heavy (non-hydrogen) atoms. The fraction of sp³-hybridized carbons (Fsp3) is 0.333. The molecule has 2 rings (SSSR count).